The predicted octanol–water partition coefficient (Wildman–Crippen LogP) is 0.377. The monoisotopic (exact) mass is 208 g/mol. The first-order valence-corrected chi connectivity index (χ1v) is 5.11. The van der Waals surface area contributed by atoms with Crippen LogP contribution in [-0.2, 0) is 4.79 Å². The van der Waals surface area contributed by atoms with Gasteiger partial charge in [-0.1, -0.05) is 5.10 Å². The van der Waals surface area contributed by atoms with E-state index in [1.54, 1.807) is 0 Å². The average Bonchev–Trinajstić information content (AvgIpc) is 3.11. The number of rotatable bonds is 3. The Morgan fingerprint density at radius 2 is 2.20 bits per heavy atom. The van der Waals surface area contributed by atoms with Crippen LogP contribution >= 0.6 is 0 Å². The number of nitrogens with one attached hydrogen (secondary N) is 1. The van der Waals surface area contributed by atoms with Crippen molar-refractivity contribution in [1.29, 1.82) is 0 Å². The quantitative estimate of drug-likeness (QED) is 0.748. The Labute approximate surface area is 86.2 Å². The topological polar surface area (TPSA) is 94.0 Å². The summed E-state index contributed by atoms with van der Waals surface area (Å²) >= 11 is 0. The standard InChI is InChI=1S/C9H12N4O2/c10-9(3-4-9)7(14)11-8-13-12-6(15-8)5-1-2-5/h5H,1-4,10H2,(H,11,13,14). The van der Waals surface area contributed by atoms with Gasteiger partial charge in [0.1, 0.15) is 0 Å². The van der Waals surface area contributed by atoms with Gasteiger partial charge in [-0.05, 0) is 25.7 Å². The van der Waals surface area contributed by atoms with Crippen molar-refractivity contribution in [3.05, 3.63) is 5.89 Å². The van der Waals surface area contributed by atoms with E-state index < -0.39 is 5.54 Å². The molecule has 0 unspecified atom stereocenters. The average molecular weight is 208 g/mol. The maximum Gasteiger partial charge on any atom is 0.322 e. The van der Waals surface area contributed by atoms with E-state index >= 15 is 0 Å². The van der Waals surface area contributed by atoms with Crippen molar-refractivity contribution in [2.45, 2.75) is 37.1 Å². The molecule has 0 spiro atoms. The van der Waals surface area contributed by atoms with Crippen molar-refractivity contribution in [3.8, 4) is 0 Å². The molecular weight excluding hydrogens is 196 g/mol. The third kappa shape index (κ3) is 1.61. The van der Waals surface area contributed by atoms with Crippen molar-refractivity contribution < 1.29 is 9.21 Å². The second kappa shape index (κ2) is 2.79. The van der Waals surface area contributed by atoms with Crippen LogP contribution in [0.5, 0.6) is 0 Å². The lowest BCUT2D eigenvalue weighted by Crippen LogP contribution is -2.37. The number of amides is 1. The van der Waals surface area contributed by atoms with Crippen LogP contribution in [-0.4, -0.2) is 21.6 Å². The normalized spacial score (nSPS) is 22.5. The summed E-state index contributed by atoms with van der Waals surface area (Å²) in [5.74, 6) is 0.788. The van der Waals surface area contributed by atoms with Crippen LogP contribution in [0.1, 0.15) is 37.5 Å². The van der Waals surface area contributed by atoms with Crippen LogP contribution < -0.4 is 11.1 Å². The van der Waals surface area contributed by atoms with Gasteiger partial charge in [0.05, 0.1) is 5.54 Å². The Balaban J connectivity index is 1.68. The molecule has 80 valence electrons. The van der Waals surface area contributed by atoms with Crippen LogP contribution in [0.4, 0.5) is 6.01 Å². The van der Waals surface area contributed by atoms with Gasteiger partial charge in [0.2, 0.25) is 11.8 Å². The molecule has 2 aliphatic carbocycles. The highest BCUT2D eigenvalue weighted by molar-refractivity contribution is 5.98. The van der Waals surface area contributed by atoms with Gasteiger partial charge in [-0.3, -0.25) is 10.1 Å². The van der Waals surface area contributed by atoms with Crippen LogP contribution in [0.2, 0.25) is 0 Å². The second-order valence-corrected chi connectivity index (χ2v) is 4.33. The fourth-order valence-electron chi connectivity index (χ4n) is 1.36. The highest BCUT2D eigenvalue weighted by Crippen LogP contribution is 2.39. The second-order valence-electron chi connectivity index (χ2n) is 4.33. The molecule has 0 radical (unpaired) electrons. The molecule has 1 aromatic heterocycles. The van der Waals surface area contributed by atoms with E-state index in [0.717, 1.165) is 25.7 Å². The molecule has 1 aromatic rings. The minimum Gasteiger partial charge on any atom is -0.408 e. The summed E-state index contributed by atoms with van der Waals surface area (Å²) in [6, 6.07) is 0.165. The minimum atomic E-state index is -0.700. The van der Waals surface area contributed by atoms with Crippen molar-refractivity contribution >= 4 is 11.9 Å². The summed E-state index contributed by atoms with van der Waals surface area (Å²) in [5.41, 5.74) is 5.01. The molecule has 0 bridgehead atoms. The number of aromatic nitrogens is 2. The lowest BCUT2D eigenvalue weighted by Gasteiger charge is -2.05. The lowest BCUT2D eigenvalue weighted by molar-refractivity contribution is -0.118. The number of nitrogens with zero attached hydrogens (tertiary/aromatic N) is 2. The number of hydrogen-bond acceptors (Lipinski definition) is 5. The Morgan fingerprint density at radius 3 is 2.80 bits per heavy atom. The first-order valence-electron chi connectivity index (χ1n) is 5.11. The van der Waals surface area contributed by atoms with E-state index in [0.29, 0.717) is 11.8 Å². The van der Waals surface area contributed by atoms with Gasteiger partial charge in [-0.15, -0.1) is 5.10 Å². The number of nitrogens with two attached hydrogens (primary N) is 1. The Morgan fingerprint density at radius 1 is 1.47 bits per heavy atom. The zero-order valence-electron chi connectivity index (χ0n) is 8.19. The summed E-state index contributed by atoms with van der Waals surface area (Å²) in [7, 11) is 0. The zero-order chi connectivity index (χ0) is 10.5. The molecule has 0 aliphatic heterocycles. The largest absolute Gasteiger partial charge is 0.408 e. The molecule has 2 fully saturated rings. The third-order valence-corrected chi connectivity index (χ3v) is 2.83. The smallest absolute Gasteiger partial charge is 0.322 e. The van der Waals surface area contributed by atoms with Crippen molar-refractivity contribution in [1.82, 2.24) is 10.2 Å². The molecule has 2 aliphatic rings. The number of anilines is 1. The van der Waals surface area contributed by atoms with Crippen LogP contribution in [0.25, 0.3) is 0 Å². The molecule has 1 amide bonds. The summed E-state index contributed by atoms with van der Waals surface area (Å²) in [6.07, 6.45) is 3.64. The van der Waals surface area contributed by atoms with E-state index in [2.05, 4.69) is 15.5 Å². The predicted molar refractivity (Wildman–Crippen MR) is 51.1 cm³/mol. The van der Waals surface area contributed by atoms with E-state index in [1.165, 1.54) is 0 Å². The van der Waals surface area contributed by atoms with Crippen molar-refractivity contribution in [3.63, 3.8) is 0 Å². The van der Waals surface area contributed by atoms with Crippen molar-refractivity contribution in [2.24, 2.45) is 5.73 Å². The molecule has 0 saturated heterocycles. The van der Waals surface area contributed by atoms with Gasteiger partial charge in [0, 0.05) is 5.92 Å². The molecule has 6 heteroatoms. The summed E-state index contributed by atoms with van der Waals surface area (Å²) in [5, 5.41) is 10.2. The summed E-state index contributed by atoms with van der Waals surface area (Å²) in [4.78, 5) is 11.5. The third-order valence-electron chi connectivity index (χ3n) is 2.83. The molecule has 1 heterocycles. The molecule has 3 N–H and O–H groups in total. The van der Waals surface area contributed by atoms with E-state index in [1.807, 2.05) is 0 Å². The summed E-state index contributed by atoms with van der Waals surface area (Å²) < 4.78 is 5.29. The van der Waals surface area contributed by atoms with Gasteiger partial charge < -0.3 is 10.2 Å². The van der Waals surface area contributed by atoms with Crippen molar-refractivity contribution in [2.75, 3.05) is 5.32 Å². The molecule has 6 nitrogen and oxygen atoms in total. The maximum absolute atomic E-state index is 11.5. The van der Waals surface area contributed by atoms with Crippen LogP contribution in [0.3, 0.4) is 0 Å². The Bertz CT molecular complexity index is 406. The number of carbonyl (C=O) groups excluding carboxylic acids is 1. The van der Waals surface area contributed by atoms with E-state index in [-0.39, 0.29) is 11.9 Å². The van der Waals surface area contributed by atoms with E-state index in [9.17, 15) is 4.79 Å². The molecule has 0 aromatic carbocycles. The Hall–Kier alpha value is -1.43. The highest BCUT2D eigenvalue weighted by atomic mass is 16.4. The molecule has 2 saturated carbocycles. The fourth-order valence-corrected chi connectivity index (χ4v) is 1.36. The minimum absolute atomic E-state index is 0.165. The Kier molecular flexibility index (Phi) is 1.64. The maximum atomic E-state index is 11.5. The number of carbonyl (C=O) groups is 1. The SMILES string of the molecule is NC1(C(=O)Nc2nnc(C3CC3)o2)CC1. The van der Waals surface area contributed by atoms with Gasteiger partial charge in [-0.2, -0.15) is 0 Å². The van der Waals surface area contributed by atoms with E-state index in [4.69, 9.17) is 10.2 Å². The molecule has 3 rings (SSSR count). The summed E-state index contributed by atoms with van der Waals surface area (Å²) in [6.45, 7) is 0. The lowest BCUT2D eigenvalue weighted by atomic mass is 10.3. The van der Waals surface area contributed by atoms with Crippen LogP contribution in [0, 0.1) is 0 Å². The highest BCUT2D eigenvalue weighted by Gasteiger charge is 2.46. The first kappa shape index (κ1) is 8.84. The van der Waals surface area contributed by atoms with Gasteiger partial charge in [0.15, 0.2) is 0 Å². The van der Waals surface area contributed by atoms with Crippen LogP contribution in [0.15, 0.2) is 4.42 Å². The van der Waals surface area contributed by atoms with Gasteiger partial charge >= 0.3 is 6.01 Å². The molecular formula is C9H12N4O2. The van der Waals surface area contributed by atoms with Gasteiger partial charge in [-0.25, -0.2) is 0 Å². The fraction of sp³-hybridized carbons (Fsp3) is 0.667. The van der Waals surface area contributed by atoms with Gasteiger partial charge in [0.25, 0.3) is 0 Å². The number of hydrogen-bond donors (Lipinski definition) is 2. The molecule has 0 atom stereocenters. The first-order chi connectivity index (χ1) is 7.17. The zero-order valence-corrected chi connectivity index (χ0v) is 8.19. The molecule has 15 heavy (non-hydrogen) atoms.